The average Bonchev–Trinajstić information content (AvgIpc) is 2.40. The summed E-state index contributed by atoms with van der Waals surface area (Å²) in [5.74, 6) is -1.14. The lowest BCUT2D eigenvalue weighted by atomic mass is 10.1. The van der Waals surface area contributed by atoms with Gasteiger partial charge in [-0.1, -0.05) is 15.9 Å². The van der Waals surface area contributed by atoms with Crippen LogP contribution in [0.1, 0.15) is 12.0 Å². The van der Waals surface area contributed by atoms with E-state index in [9.17, 15) is 9.59 Å². The van der Waals surface area contributed by atoms with Crippen LogP contribution in [0.2, 0.25) is 0 Å². The fourth-order valence-corrected chi connectivity index (χ4v) is 2.74. The zero-order valence-electron chi connectivity index (χ0n) is 10.8. The number of hydrogen-bond donors (Lipinski definition) is 1. The number of nitrogens with zero attached hydrogens (tertiary/aromatic N) is 2. The van der Waals surface area contributed by atoms with Gasteiger partial charge < -0.3 is 14.9 Å². The number of rotatable bonds is 2. The van der Waals surface area contributed by atoms with Crippen LogP contribution < -0.4 is 4.90 Å². The SMILES string of the molecule is CN1Cc2cc(Br)ccc2N(C)[C@@H](CC(=O)O)C1=O. The normalized spacial score (nSPS) is 19.1. The van der Waals surface area contributed by atoms with Gasteiger partial charge in [-0.05, 0) is 23.8 Å². The molecule has 1 aromatic carbocycles. The Morgan fingerprint density at radius 3 is 2.79 bits per heavy atom. The summed E-state index contributed by atoms with van der Waals surface area (Å²) in [6.07, 6.45) is -0.199. The summed E-state index contributed by atoms with van der Waals surface area (Å²) in [5.41, 5.74) is 1.90. The van der Waals surface area contributed by atoms with E-state index >= 15 is 0 Å². The minimum absolute atomic E-state index is 0.169. The van der Waals surface area contributed by atoms with Crippen LogP contribution in [0.4, 0.5) is 5.69 Å². The summed E-state index contributed by atoms with van der Waals surface area (Å²) in [6.45, 7) is 0.480. The zero-order valence-corrected chi connectivity index (χ0v) is 12.3. The first-order valence-corrected chi connectivity index (χ1v) is 6.67. The summed E-state index contributed by atoms with van der Waals surface area (Å²) < 4.78 is 0.942. The maximum atomic E-state index is 12.3. The first-order valence-electron chi connectivity index (χ1n) is 5.88. The van der Waals surface area contributed by atoms with Crippen LogP contribution in [-0.2, 0) is 16.1 Å². The molecular weight excluding hydrogens is 312 g/mol. The van der Waals surface area contributed by atoms with Gasteiger partial charge in [-0.2, -0.15) is 0 Å². The third-order valence-corrected chi connectivity index (χ3v) is 3.82. The van der Waals surface area contributed by atoms with Crippen molar-refractivity contribution in [1.29, 1.82) is 0 Å². The monoisotopic (exact) mass is 326 g/mol. The quantitative estimate of drug-likeness (QED) is 0.898. The minimum Gasteiger partial charge on any atom is -0.481 e. The molecule has 0 unspecified atom stereocenters. The molecule has 0 aromatic heterocycles. The Morgan fingerprint density at radius 2 is 2.16 bits per heavy atom. The molecule has 0 radical (unpaired) electrons. The third-order valence-electron chi connectivity index (χ3n) is 3.33. The van der Waals surface area contributed by atoms with Crippen LogP contribution in [0.5, 0.6) is 0 Å². The molecule has 0 saturated heterocycles. The molecule has 1 atom stereocenters. The zero-order chi connectivity index (χ0) is 14.2. The molecule has 19 heavy (non-hydrogen) atoms. The van der Waals surface area contributed by atoms with Gasteiger partial charge in [-0.3, -0.25) is 9.59 Å². The number of benzene rings is 1. The van der Waals surface area contributed by atoms with Gasteiger partial charge in [0.2, 0.25) is 5.91 Å². The highest BCUT2D eigenvalue weighted by atomic mass is 79.9. The van der Waals surface area contributed by atoms with Gasteiger partial charge in [0, 0.05) is 30.8 Å². The lowest BCUT2D eigenvalue weighted by Crippen LogP contribution is -2.44. The molecule has 2 rings (SSSR count). The highest BCUT2D eigenvalue weighted by Crippen LogP contribution is 2.30. The van der Waals surface area contributed by atoms with Crippen LogP contribution in [0.3, 0.4) is 0 Å². The van der Waals surface area contributed by atoms with Crippen LogP contribution in [0.25, 0.3) is 0 Å². The predicted molar refractivity (Wildman–Crippen MR) is 75.1 cm³/mol. The number of hydrogen-bond acceptors (Lipinski definition) is 3. The molecule has 1 amide bonds. The summed E-state index contributed by atoms with van der Waals surface area (Å²) in [6, 6.07) is 5.09. The van der Waals surface area contributed by atoms with Gasteiger partial charge in [-0.25, -0.2) is 0 Å². The van der Waals surface area contributed by atoms with Crippen LogP contribution in [-0.4, -0.2) is 42.0 Å². The van der Waals surface area contributed by atoms with E-state index in [2.05, 4.69) is 15.9 Å². The number of amides is 1. The Morgan fingerprint density at radius 1 is 1.47 bits per heavy atom. The van der Waals surface area contributed by atoms with Crippen molar-refractivity contribution in [2.24, 2.45) is 0 Å². The van der Waals surface area contributed by atoms with E-state index in [1.165, 1.54) is 0 Å². The molecular formula is C13H15BrN2O3. The van der Waals surface area contributed by atoms with Crippen molar-refractivity contribution in [3.63, 3.8) is 0 Å². The third kappa shape index (κ3) is 2.73. The second-order valence-corrected chi connectivity index (χ2v) is 5.61. The minimum atomic E-state index is -0.973. The highest BCUT2D eigenvalue weighted by Gasteiger charge is 2.33. The van der Waals surface area contributed by atoms with E-state index < -0.39 is 12.0 Å². The van der Waals surface area contributed by atoms with E-state index in [-0.39, 0.29) is 12.3 Å². The van der Waals surface area contributed by atoms with E-state index in [1.807, 2.05) is 18.2 Å². The number of likely N-dealkylation sites (N-methyl/N-ethyl adjacent to an activating group) is 2. The van der Waals surface area contributed by atoms with Crippen molar-refractivity contribution in [2.75, 3.05) is 19.0 Å². The number of carboxylic acids is 1. The topological polar surface area (TPSA) is 60.9 Å². The molecule has 6 heteroatoms. The number of carbonyl (C=O) groups is 2. The van der Waals surface area contributed by atoms with E-state index in [1.54, 1.807) is 23.9 Å². The van der Waals surface area contributed by atoms with Gasteiger partial charge in [0.15, 0.2) is 0 Å². The number of carbonyl (C=O) groups excluding carboxylic acids is 1. The van der Waals surface area contributed by atoms with Crippen LogP contribution >= 0.6 is 15.9 Å². The number of anilines is 1. The van der Waals surface area contributed by atoms with Gasteiger partial charge >= 0.3 is 5.97 Å². The number of aliphatic carboxylic acids is 1. The Bertz CT molecular complexity index is 533. The molecule has 5 nitrogen and oxygen atoms in total. The van der Waals surface area contributed by atoms with Crippen molar-refractivity contribution in [3.8, 4) is 0 Å². The van der Waals surface area contributed by atoms with Crippen LogP contribution in [0, 0.1) is 0 Å². The molecule has 1 aromatic rings. The fourth-order valence-electron chi connectivity index (χ4n) is 2.34. The van der Waals surface area contributed by atoms with Gasteiger partial charge in [0.25, 0.3) is 0 Å². The van der Waals surface area contributed by atoms with Crippen molar-refractivity contribution in [3.05, 3.63) is 28.2 Å². The van der Waals surface area contributed by atoms with E-state index in [0.717, 1.165) is 15.7 Å². The Balaban J connectivity index is 2.46. The lowest BCUT2D eigenvalue weighted by Gasteiger charge is -2.27. The molecule has 0 fully saturated rings. The largest absolute Gasteiger partial charge is 0.481 e. The second kappa shape index (κ2) is 5.21. The van der Waals surface area contributed by atoms with Crippen molar-refractivity contribution >= 4 is 33.5 Å². The number of fused-ring (bicyclic) bond motifs is 1. The fraction of sp³-hybridized carbons (Fsp3) is 0.385. The number of carboxylic acid groups (broad SMARTS) is 1. The molecule has 1 aliphatic heterocycles. The second-order valence-electron chi connectivity index (χ2n) is 4.69. The summed E-state index contributed by atoms with van der Waals surface area (Å²) in [7, 11) is 3.46. The van der Waals surface area contributed by atoms with Crippen molar-refractivity contribution < 1.29 is 14.7 Å². The molecule has 1 heterocycles. The molecule has 0 bridgehead atoms. The Kier molecular flexibility index (Phi) is 3.80. The molecule has 0 aliphatic carbocycles. The van der Waals surface area contributed by atoms with E-state index in [4.69, 9.17) is 5.11 Å². The average molecular weight is 327 g/mol. The van der Waals surface area contributed by atoms with Crippen LogP contribution in [0.15, 0.2) is 22.7 Å². The molecule has 0 saturated carbocycles. The standard InChI is InChI=1S/C13H15BrN2O3/c1-15-7-8-5-9(14)3-4-10(8)16(2)11(13(15)19)6-12(17)18/h3-5,11H,6-7H2,1-2H3,(H,17,18)/t11-/m0/s1. The maximum Gasteiger partial charge on any atom is 0.305 e. The first kappa shape index (κ1) is 13.9. The number of halogens is 1. The van der Waals surface area contributed by atoms with Gasteiger partial charge in [0.05, 0.1) is 6.42 Å². The lowest BCUT2D eigenvalue weighted by molar-refractivity contribution is -0.141. The maximum absolute atomic E-state index is 12.3. The van der Waals surface area contributed by atoms with Gasteiger partial charge in [0.1, 0.15) is 6.04 Å². The molecule has 1 N–H and O–H groups in total. The molecule has 102 valence electrons. The first-order chi connectivity index (χ1) is 8.90. The Labute approximate surface area is 119 Å². The summed E-state index contributed by atoms with van der Waals surface area (Å²) >= 11 is 3.41. The van der Waals surface area contributed by atoms with Gasteiger partial charge in [-0.15, -0.1) is 0 Å². The Hall–Kier alpha value is -1.56. The molecule has 0 spiro atoms. The predicted octanol–water partition coefficient (Wildman–Crippen LogP) is 1.70. The molecule has 1 aliphatic rings. The van der Waals surface area contributed by atoms with Crippen molar-refractivity contribution in [2.45, 2.75) is 19.0 Å². The van der Waals surface area contributed by atoms with Crippen molar-refractivity contribution in [1.82, 2.24) is 4.90 Å². The summed E-state index contributed by atoms with van der Waals surface area (Å²) in [4.78, 5) is 26.5. The smallest absolute Gasteiger partial charge is 0.305 e. The highest BCUT2D eigenvalue weighted by molar-refractivity contribution is 9.10. The van der Waals surface area contributed by atoms with E-state index in [0.29, 0.717) is 6.54 Å². The summed E-state index contributed by atoms with van der Waals surface area (Å²) in [5, 5.41) is 8.97.